The predicted molar refractivity (Wildman–Crippen MR) is 106 cm³/mol. The second-order valence-electron chi connectivity index (χ2n) is 9.10. The molecule has 5 heteroatoms. The van der Waals surface area contributed by atoms with Crippen molar-refractivity contribution >= 4 is 11.8 Å². The average molecular weight is 387 g/mol. The fourth-order valence-electron chi connectivity index (χ4n) is 5.45. The first-order valence-corrected chi connectivity index (χ1v) is 10.8. The molecular weight excluding hydrogens is 355 g/mol. The Kier molecular flexibility index (Phi) is 5.70. The number of halogens is 1. The van der Waals surface area contributed by atoms with Crippen LogP contribution in [0.25, 0.3) is 0 Å². The van der Waals surface area contributed by atoms with Crippen LogP contribution >= 0.6 is 0 Å². The van der Waals surface area contributed by atoms with E-state index >= 15 is 0 Å². The number of piperidine rings is 1. The molecule has 3 fully saturated rings. The fraction of sp³-hybridized carbons (Fsp3) is 0.652. The molecule has 0 spiro atoms. The van der Waals surface area contributed by atoms with E-state index < -0.39 is 0 Å². The molecule has 1 saturated heterocycles. The molecule has 2 amide bonds. The first-order chi connectivity index (χ1) is 13.5. The highest BCUT2D eigenvalue weighted by Crippen LogP contribution is 2.49. The van der Waals surface area contributed by atoms with E-state index in [1.54, 1.807) is 13.0 Å². The zero-order valence-electron chi connectivity index (χ0n) is 16.8. The minimum absolute atomic E-state index is 0.0150. The van der Waals surface area contributed by atoms with Crippen molar-refractivity contribution in [2.45, 2.75) is 58.4 Å². The van der Waals surface area contributed by atoms with Crippen molar-refractivity contribution in [3.05, 3.63) is 35.1 Å². The van der Waals surface area contributed by atoms with Gasteiger partial charge in [0, 0.05) is 32.0 Å². The lowest BCUT2D eigenvalue weighted by atomic mass is 9.85. The maximum absolute atomic E-state index is 13.6. The van der Waals surface area contributed by atoms with Crippen molar-refractivity contribution in [3.8, 4) is 0 Å². The van der Waals surface area contributed by atoms with E-state index in [1.807, 2.05) is 11.0 Å². The minimum Gasteiger partial charge on any atom is -0.352 e. The van der Waals surface area contributed by atoms with Gasteiger partial charge in [-0.1, -0.05) is 18.6 Å². The molecule has 1 aromatic rings. The molecule has 0 radical (unpaired) electrons. The van der Waals surface area contributed by atoms with Gasteiger partial charge in [0.15, 0.2) is 0 Å². The molecular formula is C23H31FN2O2. The molecule has 2 aliphatic carbocycles. The van der Waals surface area contributed by atoms with E-state index in [2.05, 4.69) is 5.32 Å². The molecule has 2 bridgehead atoms. The number of carbonyl (C=O) groups excluding carboxylic acids is 2. The Balaban J connectivity index is 1.20. The first kappa shape index (κ1) is 19.4. The summed E-state index contributed by atoms with van der Waals surface area (Å²) >= 11 is 0. The zero-order chi connectivity index (χ0) is 19.7. The Hall–Kier alpha value is -1.91. The van der Waals surface area contributed by atoms with Gasteiger partial charge in [-0.05, 0) is 74.0 Å². The number of carbonyl (C=O) groups is 2. The van der Waals surface area contributed by atoms with Crippen LogP contribution in [0.3, 0.4) is 0 Å². The number of nitrogens with zero attached hydrogens (tertiary/aromatic N) is 1. The van der Waals surface area contributed by atoms with E-state index in [9.17, 15) is 14.0 Å². The van der Waals surface area contributed by atoms with E-state index in [0.717, 1.165) is 30.2 Å². The molecule has 1 aliphatic heterocycles. The topological polar surface area (TPSA) is 49.4 Å². The Morgan fingerprint density at radius 3 is 2.57 bits per heavy atom. The van der Waals surface area contributed by atoms with Gasteiger partial charge < -0.3 is 10.2 Å². The van der Waals surface area contributed by atoms with Gasteiger partial charge >= 0.3 is 0 Å². The highest BCUT2D eigenvalue weighted by atomic mass is 19.1. The number of fused-ring (bicyclic) bond motifs is 2. The highest BCUT2D eigenvalue weighted by Gasteiger charge is 2.41. The van der Waals surface area contributed by atoms with Crippen LogP contribution in [-0.2, 0) is 16.1 Å². The van der Waals surface area contributed by atoms with Gasteiger partial charge in [-0.3, -0.25) is 9.59 Å². The third-order valence-electron chi connectivity index (χ3n) is 7.24. The molecule has 1 aromatic carbocycles. The molecule has 4 nitrogen and oxygen atoms in total. The molecule has 152 valence electrons. The molecule has 4 rings (SSSR count). The van der Waals surface area contributed by atoms with Gasteiger partial charge in [-0.15, -0.1) is 0 Å². The highest BCUT2D eigenvalue weighted by molar-refractivity contribution is 5.80. The third-order valence-corrected chi connectivity index (χ3v) is 7.24. The minimum atomic E-state index is -0.242. The summed E-state index contributed by atoms with van der Waals surface area (Å²) in [6, 6.07) is 5.05. The number of likely N-dealkylation sites (tertiary alicyclic amines) is 1. The number of hydrogen-bond acceptors (Lipinski definition) is 2. The summed E-state index contributed by atoms with van der Waals surface area (Å²) in [5.74, 6) is 2.26. The van der Waals surface area contributed by atoms with E-state index in [4.69, 9.17) is 0 Å². The monoisotopic (exact) mass is 386 g/mol. The zero-order valence-corrected chi connectivity index (χ0v) is 16.8. The second-order valence-corrected chi connectivity index (χ2v) is 9.10. The molecule has 1 heterocycles. The fourth-order valence-corrected chi connectivity index (χ4v) is 5.45. The number of rotatable bonds is 5. The molecule has 1 N–H and O–H groups in total. The van der Waals surface area contributed by atoms with Crippen molar-refractivity contribution in [3.63, 3.8) is 0 Å². The first-order valence-electron chi connectivity index (χ1n) is 10.8. The van der Waals surface area contributed by atoms with Gasteiger partial charge in [-0.25, -0.2) is 4.39 Å². The number of nitrogens with one attached hydrogen (secondary N) is 1. The number of benzene rings is 1. The summed E-state index contributed by atoms with van der Waals surface area (Å²) in [5, 5.41) is 2.93. The van der Waals surface area contributed by atoms with Crippen LogP contribution in [-0.4, -0.2) is 29.8 Å². The van der Waals surface area contributed by atoms with Crippen molar-refractivity contribution in [1.29, 1.82) is 0 Å². The Morgan fingerprint density at radius 1 is 1.14 bits per heavy atom. The van der Waals surface area contributed by atoms with Gasteiger partial charge in [-0.2, -0.15) is 0 Å². The van der Waals surface area contributed by atoms with Crippen LogP contribution in [0.15, 0.2) is 18.2 Å². The quantitative estimate of drug-likeness (QED) is 0.836. The van der Waals surface area contributed by atoms with Gasteiger partial charge in [0.25, 0.3) is 0 Å². The van der Waals surface area contributed by atoms with Crippen LogP contribution in [0.5, 0.6) is 0 Å². The Bertz CT molecular complexity index is 742. The lowest BCUT2D eigenvalue weighted by molar-refractivity contribution is -0.136. The molecule has 0 aromatic heterocycles. The van der Waals surface area contributed by atoms with Crippen molar-refractivity contribution in [1.82, 2.24) is 10.2 Å². The largest absolute Gasteiger partial charge is 0.352 e. The maximum atomic E-state index is 13.6. The third kappa shape index (κ3) is 4.23. The maximum Gasteiger partial charge on any atom is 0.223 e. The second kappa shape index (κ2) is 8.22. The molecule has 2 saturated carbocycles. The van der Waals surface area contributed by atoms with Gasteiger partial charge in [0.2, 0.25) is 11.8 Å². The van der Waals surface area contributed by atoms with Crippen molar-refractivity contribution < 1.29 is 14.0 Å². The van der Waals surface area contributed by atoms with Crippen LogP contribution < -0.4 is 5.32 Å². The lowest BCUT2D eigenvalue weighted by Gasteiger charge is -2.33. The predicted octanol–water partition coefficient (Wildman–Crippen LogP) is 3.82. The SMILES string of the molecule is Cc1ccc(CNC(=O)C2CCN(C(=O)CC3CC4CCC3C4)CC2)cc1F. The summed E-state index contributed by atoms with van der Waals surface area (Å²) in [7, 11) is 0. The standard InChI is InChI=1S/C23H31FN2O2/c1-15-2-3-17(12-21(15)24)14-25-23(28)18-6-8-26(9-7-18)22(27)13-20-11-16-4-5-19(20)10-16/h2-3,12,16,18-20H,4-11,13-14H2,1H3,(H,25,28). The van der Waals surface area contributed by atoms with Crippen LogP contribution in [0.2, 0.25) is 0 Å². The summed E-state index contributed by atoms with van der Waals surface area (Å²) in [4.78, 5) is 27.1. The van der Waals surface area contributed by atoms with Gasteiger partial charge in [0.05, 0.1) is 0 Å². The molecule has 28 heavy (non-hydrogen) atoms. The normalized spacial score (nSPS) is 27.2. The summed E-state index contributed by atoms with van der Waals surface area (Å²) in [5.41, 5.74) is 1.38. The number of aryl methyl sites for hydroxylation is 1. The van der Waals surface area contributed by atoms with E-state index in [-0.39, 0.29) is 23.5 Å². The molecule has 3 atom stereocenters. The summed E-state index contributed by atoms with van der Waals surface area (Å²) in [6.07, 6.45) is 7.41. The van der Waals surface area contributed by atoms with Crippen LogP contribution in [0.1, 0.15) is 56.1 Å². The number of hydrogen-bond donors (Lipinski definition) is 1. The number of amides is 2. The lowest BCUT2D eigenvalue weighted by Crippen LogP contribution is -2.43. The van der Waals surface area contributed by atoms with Crippen molar-refractivity contribution in [2.24, 2.45) is 23.7 Å². The molecule has 3 aliphatic rings. The molecule has 3 unspecified atom stereocenters. The smallest absolute Gasteiger partial charge is 0.223 e. The van der Waals surface area contributed by atoms with Gasteiger partial charge in [0.1, 0.15) is 5.82 Å². The average Bonchev–Trinajstić information content (AvgIpc) is 3.32. The van der Waals surface area contributed by atoms with Crippen LogP contribution in [0, 0.1) is 36.4 Å². The van der Waals surface area contributed by atoms with Crippen LogP contribution in [0.4, 0.5) is 4.39 Å². The van der Waals surface area contributed by atoms with Crippen molar-refractivity contribution in [2.75, 3.05) is 13.1 Å². The Morgan fingerprint density at radius 2 is 1.93 bits per heavy atom. The van der Waals surface area contributed by atoms with E-state index in [0.29, 0.717) is 37.5 Å². The summed E-state index contributed by atoms with van der Waals surface area (Å²) < 4.78 is 13.6. The Labute approximate surface area is 166 Å². The summed E-state index contributed by atoms with van der Waals surface area (Å²) in [6.45, 7) is 3.43. The van der Waals surface area contributed by atoms with E-state index in [1.165, 1.54) is 31.7 Å².